The fourth-order valence-corrected chi connectivity index (χ4v) is 3.01. The van der Waals surface area contributed by atoms with Gasteiger partial charge in [-0.2, -0.15) is 5.26 Å². The minimum atomic E-state index is -0.217. The van der Waals surface area contributed by atoms with Crippen molar-refractivity contribution in [3.05, 3.63) is 53.5 Å². The minimum absolute atomic E-state index is 0.166. The highest BCUT2D eigenvalue weighted by molar-refractivity contribution is 5.91. The van der Waals surface area contributed by atoms with Crippen LogP contribution in [0.3, 0.4) is 0 Å². The number of ether oxygens (including phenoxy) is 1. The van der Waals surface area contributed by atoms with Gasteiger partial charge in [0.25, 0.3) is 5.91 Å². The number of carbonyl (C=O) groups excluding carboxylic acids is 1. The quantitative estimate of drug-likeness (QED) is 0.828. The molecule has 0 atom stereocenters. The normalized spacial score (nSPS) is 14.6. The van der Waals surface area contributed by atoms with Gasteiger partial charge in [0.1, 0.15) is 24.2 Å². The Kier molecular flexibility index (Phi) is 6.29. The highest BCUT2D eigenvalue weighted by Crippen LogP contribution is 2.19. The Labute approximate surface area is 153 Å². The fourth-order valence-electron chi connectivity index (χ4n) is 3.01. The Morgan fingerprint density at radius 3 is 2.81 bits per heavy atom. The molecule has 0 spiro atoms. The molecule has 26 heavy (non-hydrogen) atoms. The molecule has 1 N–H and O–H groups in total. The highest BCUT2D eigenvalue weighted by Gasteiger charge is 2.13. The van der Waals surface area contributed by atoms with Crippen LogP contribution in [0.5, 0.6) is 5.75 Å². The Morgan fingerprint density at radius 1 is 1.19 bits per heavy atom. The van der Waals surface area contributed by atoms with Crippen LogP contribution in [-0.4, -0.2) is 37.0 Å². The third-order valence-electron chi connectivity index (χ3n) is 4.43. The lowest BCUT2D eigenvalue weighted by Crippen LogP contribution is -2.37. The lowest BCUT2D eigenvalue weighted by Gasteiger charge is -2.26. The largest absolute Gasteiger partial charge is 0.484 e. The van der Waals surface area contributed by atoms with Gasteiger partial charge in [0.2, 0.25) is 0 Å². The number of hydrogen-bond acceptors (Lipinski definition) is 5. The van der Waals surface area contributed by atoms with Gasteiger partial charge < -0.3 is 19.4 Å². The fraction of sp³-hybridized carbons (Fsp3) is 0.400. The summed E-state index contributed by atoms with van der Waals surface area (Å²) in [5.41, 5.74) is 0.467. The number of likely N-dealkylation sites (tertiary alicyclic amines) is 1. The molecule has 1 saturated heterocycles. The van der Waals surface area contributed by atoms with Crippen molar-refractivity contribution in [2.75, 3.05) is 26.2 Å². The van der Waals surface area contributed by atoms with Crippen molar-refractivity contribution < 1.29 is 13.9 Å². The molecule has 2 aromatic rings. The van der Waals surface area contributed by atoms with Crippen LogP contribution in [0.4, 0.5) is 0 Å². The summed E-state index contributed by atoms with van der Waals surface area (Å²) in [5, 5.41) is 12.0. The van der Waals surface area contributed by atoms with Gasteiger partial charge in [0, 0.05) is 13.1 Å². The van der Waals surface area contributed by atoms with E-state index >= 15 is 0 Å². The van der Waals surface area contributed by atoms with Gasteiger partial charge in [0.05, 0.1) is 5.56 Å². The number of para-hydroxylation sites is 1. The van der Waals surface area contributed by atoms with Gasteiger partial charge in [-0.05, 0) is 50.2 Å². The molecule has 0 bridgehead atoms. The van der Waals surface area contributed by atoms with Crippen LogP contribution in [0.25, 0.3) is 0 Å². The molecular weight excluding hydrogens is 330 g/mol. The molecule has 1 aromatic heterocycles. The molecular formula is C20H23N3O3. The predicted molar refractivity (Wildman–Crippen MR) is 96.8 cm³/mol. The molecule has 136 valence electrons. The summed E-state index contributed by atoms with van der Waals surface area (Å²) >= 11 is 0. The Bertz CT molecular complexity index is 773. The van der Waals surface area contributed by atoms with E-state index < -0.39 is 0 Å². The molecule has 6 heteroatoms. The van der Waals surface area contributed by atoms with Crippen LogP contribution in [0.15, 0.2) is 40.8 Å². The molecule has 2 heterocycles. The number of hydrogen-bond donors (Lipinski definition) is 1. The molecule has 0 aliphatic carbocycles. The van der Waals surface area contributed by atoms with E-state index in [9.17, 15) is 4.79 Å². The number of nitriles is 1. The van der Waals surface area contributed by atoms with Gasteiger partial charge in [-0.15, -0.1) is 0 Å². The molecule has 0 radical (unpaired) electrons. The molecule has 0 unspecified atom stereocenters. The zero-order valence-electron chi connectivity index (χ0n) is 14.7. The number of benzene rings is 1. The maximum Gasteiger partial charge on any atom is 0.287 e. The third kappa shape index (κ3) is 4.87. The third-order valence-corrected chi connectivity index (χ3v) is 4.43. The van der Waals surface area contributed by atoms with Crippen LogP contribution in [0.2, 0.25) is 0 Å². The molecule has 1 fully saturated rings. The van der Waals surface area contributed by atoms with Crippen molar-refractivity contribution in [2.24, 2.45) is 0 Å². The first kappa shape index (κ1) is 18.0. The molecule has 6 nitrogen and oxygen atoms in total. The summed E-state index contributed by atoms with van der Waals surface area (Å²) in [6.45, 7) is 3.87. The smallest absolute Gasteiger partial charge is 0.287 e. The number of amides is 1. The van der Waals surface area contributed by atoms with Crippen LogP contribution in [0, 0.1) is 11.3 Å². The second kappa shape index (κ2) is 9.07. The van der Waals surface area contributed by atoms with Gasteiger partial charge in [-0.1, -0.05) is 18.6 Å². The molecule has 1 aliphatic heterocycles. The zero-order valence-corrected chi connectivity index (χ0v) is 14.7. The van der Waals surface area contributed by atoms with Crippen molar-refractivity contribution in [1.82, 2.24) is 10.2 Å². The Morgan fingerprint density at radius 2 is 2.00 bits per heavy atom. The highest BCUT2D eigenvalue weighted by atomic mass is 16.5. The second-order valence-corrected chi connectivity index (χ2v) is 6.32. The Hall–Kier alpha value is -2.78. The zero-order chi connectivity index (χ0) is 18.2. The lowest BCUT2D eigenvalue weighted by molar-refractivity contribution is 0.0915. The summed E-state index contributed by atoms with van der Waals surface area (Å²) in [7, 11) is 0. The first-order valence-corrected chi connectivity index (χ1v) is 8.97. The molecule has 0 saturated carbocycles. The van der Waals surface area contributed by atoms with Crippen molar-refractivity contribution in [2.45, 2.75) is 25.9 Å². The molecule has 1 aromatic carbocycles. The number of rotatable bonds is 7. The van der Waals surface area contributed by atoms with Crippen molar-refractivity contribution >= 4 is 5.91 Å². The van der Waals surface area contributed by atoms with Gasteiger partial charge >= 0.3 is 0 Å². The average Bonchev–Trinajstić information content (AvgIpc) is 3.16. The van der Waals surface area contributed by atoms with E-state index in [2.05, 4.69) is 16.3 Å². The topological polar surface area (TPSA) is 78.5 Å². The first-order chi connectivity index (χ1) is 12.8. The summed E-state index contributed by atoms with van der Waals surface area (Å²) in [6.07, 6.45) is 3.79. The summed E-state index contributed by atoms with van der Waals surface area (Å²) in [5.74, 6) is 1.10. The van der Waals surface area contributed by atoms with E-state index in [1.165, 1.54) is 19.3 Å². The maximum atomic E-state index is 12.2. The van der Waals surface area contributed by atoms with Crippen LogP contribution < -0.4 is 10.1 Å². The van der Waals surface area contributed by atoms with E-state index in [-0.39, 0.29) is 18.3 Å². The van der Waals surface area contributed by atoms with E-state index in [1.54, 1.807) is 36.4 Å². The molecule has 1 amide bonds. The predicted octanol–water partition coefficient (Wildman–Crippen LogP) is 2.95. The van der Waals surface area contributed by atoms with Crippen LogP contribution in [0.1, 0.15) is 41.1 Å². The van der Waals surface area contributed by atoms with Crippen LogP contribution >= 0.6 is 0 Å². The van der Waals surface area contributed by atoms with Gasteiger partial charge in [0.15, 0.2) is 5.76 Å². The SMILES string of the molecule is N#Cc1ccccc1OCc1ccc(C(=O)NCCN2CCCCC2)o1. The van der Waals surface area contributed by atoms with Crippen molar-refractivity contribution in [1.29, 1.82) is 5.26 Å². The molecule has 3 rings (SSSR count). The minimum Gasteiger partial charge on any atom is -0.484 e. The van der Waals surface area contributed by atoms with Gasteiger partial charge in [-0.3, -0.25) is 4.79 Å². The number of nitrogens with zero attached hydrogens (tertiary/aromatic N) is 2. The van der Waals surface area contributed by atoms with Crippen molar-refractivity contribution in [3.63, 3.8) is 0 Å². The van der Waals surface area contributed by atoms with E-state index in [0.29, 0.717) is 23.6 Å². The summed E-state index contributed by atoms with van der Waals surface area (Å²) in [6, 6.07) is 12.5. The standard InChI is InChI=1S/C20H23N3O3/c21-14-16-6-2-3-7-18(16)25-15-17-8-9-19(26-17)20(24)22-10-13-23-11-4-1-5-12-23/h2-3,6-9H,1,4-5,10-13,15H2,(H,22,24). The monoisotopic (exact) mass is 353 g/mol. The average molecular weight is 353 g/mol. The number of furan rings is 1. The van der Waals surface area contributed by atoms with Crippen molar-refractivity contribution in [3.8, 4) is 11.8 Å². The Balaban J connectivity index is 1.46. The number of piperidine rings is 1. The lowest BCUT2D eigenvalue weighted by atomic mass is 10.1. The number of nitrogens with one attached hydrogen (secondary N) is 1. The second-order valence-electron chi connectivity index (χ2n) is 6.32. The van der Waals surface area contributed by atoms with Crippen LogP contribution in [-0.2, 0) is 6.61 Å². The summed E-state index contributed by atoms with van der Waals surface area (Å²) in [4.78, 5) is 14.5. The van der Waals surface area contributed by atoms with Gasteiger partial charge in [-0.25, -0.2) is 0 Å². The number of carbonyl (C=O) groups is 1. The maximum absolute atomic E-state index is 12.2. The summed E-state index contributed by atoms with van der Waals surface area (Å²) < 4.78 is 11.2. The van der Waals surface area contributed by atoms with E-state index in [4.69, 9.17) is 14.4 Å². The van der Waals surface area contributed by atoms with E-state index in [0.717, 1.165) is 19.6 Å². The first-order valence-electron chi connectivity index (χ1n) is 8.97. The molecule has 1 aliphatic rings. The van der Waals surface area contributed by atoms with E-state index in [1.807, 2.05) is 0 Å².